The summed E-state index contributed by atoms with van der Waals surface area (Å²) in [6, 6.07) is 0. The molecule has 0 aromatic heterocycles. The standard InChI is InChI=1S/C15H30N2O2/c1-18-13-14-5-10-17(11-6-14)9-2-12-19-15-3-7-16-8-4-15/h14-16H,2-13H2,1H3. The normalized spacial score (nSPS) is 23.8. The monoisotopic (exact) mass is 270 g/mol. The minimum atomic E-state index is 0.508. The Balaban J connectivity index is 1.47. The van der Waals surface area contributed by atoms with Crippen molar-refractivity contribution in [3.05, 3.63) is 0 Å². The Hall–Kier alpha value is -0.160. The molecule has 0 atom stereocenters. The molecule has 0 aromatic rings. The number of nitrogens with one attached hydrogen (secondary N) is 1. The molecule has 0 amide bonds. The van der Waals surface area contributed by atoms with E-state index in [0.717, 1.165) is 32.2 Å². The van der Waals surface area contributed by atoms with Crippen molar-refractivity contribution in [3.8, 4) is 0 Å². The number of hydrogen-bond acceptors (Lipinski definition) is 4. The van der Waals surface area contributed by atoms with Crippen molar-refractivity contribution in [1.29, 1.82) is 0 Å². The highest BCUT2D eigenvalue weighted by atomic mass is 16.5. The van der Waals surface area contributed by atoms with Crippen LogP contribution in [0, 0.1) is 5.92 Å². The summed E-state index contributed by atoms with van der Waals surface area (Å²) in [7, 11) is 1.81. The van der Waals surface area contributed by atoms with Gasteiger partial charge < -0.3 is 19.7 Å². The van der Waals surface area contributed by atoms with Gasteiger partial charge in [-0.05, 0) is 64.2 Å². The quantitative estimate of drug-likeness (QED) is 0.711. The lowest BCUT2D eigenvalue weighted by Crippen LogP contribution is -2.36. The van der Waals surface area contributed by atoms with E-state index in [-0.39, 0.29) is 0 Å². The summed E-state index contributed by atoms with van der Waals surface area (Å²) in [6.07, 6.45) is 6.64. The van der Waals surface area contributed by atoms with E-state index in [1.165, 1.54) is 51.7 Å². The van der Waals surface area contributed by atoms with Crippen LogP contribution < -0.4 is 5.32 Å². The third-order valence-electron chi connectivity index (χ3n) is 4.37. The summed E-state index contributed by atoms with van der Waals surface area (Å²) < 4.78 is 11.2. The molecule has 2 saturated heterocycles. The van der Waals surface area contributed by atoms with Gasteiger partial charge in [0.05, 0.1) is 6.10 Å². The summed E-state index contributed by atoms with van der Waals surface area (Å²) in [5.74, 6) is 0.784. The van der Waals surface area contributed by atoms with Crippen LogP contribution in [-0.4, -0.2) is 64.1 Å². The Morgan fingerprint density at radius 2 is 1.84 bits per heavy atom. The van der Waals surface area contributed by atoms with Crippen LogP contribution in [0.15, 0.2) is 0 Å². The Kier molecular flexibility index (Phi) is 7.14. The predicted octanol–water partition coefficient (Wildman–Crippen LogP) is 1.50. The van der Waals surface area contributed by atoms with Gasteiger partial charge in [-0.3, -0.25) is 0 Å². The van der Waals surface area contributed by atoms with Gasteiger partial charge in [-0.1, -0.05) is 0 Å². The molecule has 0 spiro atoms. The topological polar surface area (TPSA) is 33.7 Å². The first-order valence-corrected chi connectivity index (χ1v) is 7.92. The van der Waals surface area contributed by atoms with Gasteiger partial charge in [0.1, 0.15) is 0 Å². The molecule has 2 fully saturated rings. The Morgan fingerprint density at radius 3 is 2.53 bits per heavy atom. The lowest BCUT2D eigenvalue weighted by atomic mass is 9.98. The third kappa shape index (κ3) is 5.78. The zero-order valence-electron chi connectivity index (χ0n) is 12.4. The van der Waals surface area contributed by atoms with Crippen LogP contribution in [-0.2, 0) is 9.47 Å². The van der Waals surface area contributed by atoms with Crippen LogP contribution in [0.5, 0.6) is 0 Å². The molecular weight excluding hydrogens is 240 g/mol. The summed E-state index contributed by atoms with van der Waals surface area (Å²) in [5.41, 5.74) is 0. The molecule has 2 aliphatic heterocycles. The van der Waals surface area contributed by atoms with Gasteiger partial charge in [-0.2, -0.15) is 0 Å². The maximum atomic E-state index is 5.95. The fourth-order valence-corrected chi connectivity index (χ4v) is 3.11. The van der Waals surface area contributed by atoms with E-state index in [1.807, 2.05) is 7.11 Å². The second-order valence-corrected chi connectivity index (χ2v) is 5.91. The minimum absolute atomic E-state index is 0.508. The summed E-state index contributed by atoms with van der Waals surface area (Å²) in [5, 5.41) is 3.37. The van der Waals surface area contributed by atoms with E-state index < -0.39 is 0 Å². The summed E-state index contributed by atoms with van der Waals surface area (Å²) in [4.78, 5) is 2.58. The molecule has 0 aliphatic carbocycles. The van der Waals surface area contributed by atoms with Gasteiger partial charge in [-0.25, -0.2) is 0 Å². The van der Waals surface area contributed by atoms with Crippen molar-refractivity contribution in [2.75, 3.05) is 53.0 Å². The average molecular weight is 270 g/mol. The Labute approximate surface area is 117 Å². The highest BCUT2D eigenvalue weighted by Gasteiger charge is 2.18. The number of piperidine rings is 2. The largest absolute Gasteiger partial charge is 0.384 e. The summed E-state index contributed by atoms with van der Waals surface area (Å²) >= 11 is 0. The molecule has 0 unspecified atom stereocenters. The van der Waals surface area contributed by atoms with E-state index in [4.69, 9.17) is 9.47 Å². The fraction of sp³-hybridized carbons (Fsp3) is 1.00. The zero-order chi connectivity index (χ0) is 13.3. The van der Waals surface area contributed by atoms with E-state index in [9.17, 15) is 0 Å². The average Bonchev–Trinajstić information content (AvgIpc) is 2.47. The number of nitrogens with zero attached hydrogens (tertiary/aromatic N) is 1. The smallest absolute Gasteiger partial charge is 0.0599 e. The molecule has 0 bridgehead atoms. The first kappa shape index (κ1) is 15.2. The third-order valence-corrected chi connectivity index (χ3v) is 4.37. The minimum Gasteiger partial charge on any atom is -0.384 e. The number of ether oxygens (including phenoxy) is 2. The molecule has 2 heterocycles. The van der Waals surface area contributed by atoms with Gasteiger partial charge >= 0.3 is 0 Å². The molecule has 112 valence electrons. The maximum absolute atomic E-state index is 5.95. The zero-order valence-corrected chi connectivity index (χ0v) is 12.4. The van der Waals surface area contributed by atoms with E-state index >= 15 is 0 Å². The SMILES string of the molecule is COCC1CCN(CCCOC2CCNCC2)CC1. The lowest BCUT2D eigenvalue weighted by Gasteiger charge is -2.31. The second kappa shape index (κ2) is 8.90. The predicted molar refractivity (Wildman–Crippen MR) is 77.5 cm³/mol. The number of rotatable bonds is 7. The van der Waals surface area contributed by atoms with Crippen molar-refractivity contribution < 1.29 is 9.47 Å². The van der Waals surface area contributed by atoms with Crippen LogP contribution in [0.25, 0.3) is 0 Å². The van der Waals surface area contributed by atoms with Crippen molar-refractivity contribution in [3.63, 3.8) is 0 Å². The van der Waals surface area contributed by atoms with Crippen LogP contribution in [0.2, 0.25) is 0 Å². The molecule has 0 aromatic carbocycles. The highest BCUT2D eigenvalue weighted by Crippen LogP contribution is 2.17. The Bertz CT molecular complexity index is 224. The fourth-order valence-electron chi connectivity index (χ4n) is 3.11. The molecule has 0 radical (unpaired) electrons. The molecule has 1 N–H and O–H groups in total. The van der Waals surface area contributed by atoms with Gasteiger partial charge in [0.2, 0.25) is 0 Å². The van der Waals surface area contributed by atoms with Crippen molar-refractivity contribution in [2.24, 2.45) is 5.92 Å². The van der Waals surface area contributed by atoms with Crippen LogP contribution in [0.3, 0.4) is 0 Å². The van der Waals surface area contributed by atoms with Crippen molar-refractivity contribution in [2.45, 2.75) is 38.2 Å². The molecule has 0 saturated carbocycles. The van der Waals surface area contributed by atoms with Gasteiger partial charge in [0.15, 0.2) is 0 Å². The highest BCUT2D eigenvalue weighted by molar-refractivity contribution is 4.72. The summed E-state index contributed by atoms with van der Waals surface area (Å²) in [6.45, 7) is 7.79. The molecule has 2 rings (SSSR count). The van der Waals surface area contributed by atoms with E-state index in [0.29, 0.717) is 6.10 Å². The number of likely N-dealkylation sites (tertiary alicyclic amines) is 1. The molecule has 2 aliphatic rings. The molecule has 19 heavy (non-hydrogen) atoms. The number of hydrogen-bond donors (Lipinski definition) is 1. The Morgan fingerprint density at radius 1 is 1.11 bits per heavy atom. The van der Waals surface area contributed by atoms with Gasteiger partial charge in [-0.15, -0.1) is 0 Å². The number of methoxy groups -OCH3 is 1. The van der Waals surface area contributed by atoms with Gasteiger partial charge in [0, 0.05) is 26.9 Å². The van der Waals surface area contributed by atoms with Crippen LogP contribution in [0.4, 0.5) is 0 Å². The van der Waals surface area contributed by atoms with Crippen molar-refractivity contribution in [1.82, 2.24) is 10.2 Å². The first-order chi connectivity index (χ1) is 9.38. The van der Waals surface area contributed by atoms with Crippen LogP contribution in [0.1, 0.15) is 32.1 Å². The van der Waals surface area contributed by atoms with Crippen molar-refractivity contribution >= 4 is 0 Å². The second-order valence-electron chi connectivity index (χ2n) is 5.91. The molecule has 4 heteroatoms. The maximum Gasteiger partial charge on any atom is 0.0599 e. The molecular formula is C15H30N2O2. The first-order valence-electron chi connectivity index (χ1n) is 7.92. The molecule has 4 nitrogen and oxygen atoms in total. The van der Waals surface area contributed by atoms with Gasteiger partial charge in [0.25, 0.3) is 0 Å². The lowest BCUT2D eigenvalue weighted by molar-refractivity contribution is 0.0251. The van der Waals surface area contributed by atoms with E-state index in [1.54, 1.807) is 0 Å². The van der Waals surface area contributed by atoms with E-state index in [2.05, 4.69) is 10.2 Å². The van der Waals surface area contributed by atoms with Crippen LogP contribution >= 0.6 is 0 Å².